The van der Waals surface area contributed by atoms with Gasteiger partial charge >= 0.3 is 0 Å². The van der Waals surface area contributed by atoms with E-state index in [0.29, 0.717) is 0 Å². The number of rotatable bonds is 7. The van der Waals surface area contributed by atoms with Crippen LogP contribution in [0.15, 0.2) is 164 Å². The number of dihydropyridines is 1. The second-order valence-corrected chi connectivity index (χ2v) is 14.2. The third-order valence-electron chi connectivity index (χ3n) is 6.59. The van der Waals surface area contributed by atoms with E-state index in [0.717, 1.165) is 11.4 Å². The number of allylic oxidation sites excluding steroid dienone is 2. The van der Waals surface area contributed by atoms with Crippen molar-refractivity contribution in [1.82, 2.24) is 10.3 Å². The third kappa shape index (κ3) is 4.86. The van der Waals surface area contributed by atoms with Gasteiger partial charge in [0.15, 0.2) is 0 Å². The molecule has 0 fully saturated rings. The number of pyridine rings is 1. The van der Waals surface area contributed by atoms with Gasteiger partial charge in [-0.2, -0.15) is 0 Å². The first-order valence-electron chi connectivity index (χ1n) is 12.7. The minimum atomic E-state index is -0.895. The first kappa shape index (κ1) is 24.5. The van der Waals surface area contributed by atoms with Crippen molar-refractivity contribution in [2.24, 2.45) is 0 Å². The summed E-state index contributed by atoms with van der Waals surface area (Å²) in [6, 6.07) is 50.2. The summed E-state index contributed by atoms with van der Waals surface area (Å²) in [6.07, 6.45) is 8.69. The highest BCUT2D eigenvalue weighted by Gasteiger charge is 2.48. The average Bonchev–Trinajstić information content (AvgIpc) is 3.00. The summed E-state index contributed by atoms with van der Waals surface area (Å²) in [5.74, 6) is 0. The van der Waals surface area contributed by atoms with E-state index in [1.54, 1.807) is 0 Å². The van der Waals surface area contributed by atoms with Gasteiger partial charge in [-0.3, -0.25) is 4.98 Å². The number of hydrogen-bond donors (Lipinski definition) is 1. The van der Waals surface area contributed by atoms with Crippen LogP contribution in [0.4, 0.5) is 0 Å². The Kier molecular flexibility index (Phi) is 7.27. The molecule has 38 heavy (non-hydrogen) atoms. The van der Waals surface area contributed by atoms with Gasteiger partial charge in [0.1, 0.15) is 5.02 Å². The number of nitrogens with zero attached hydrogens (tertiary/aromatic N) is 1. The minimum absolute atomic E-state index is 0.405. The van der Waals surface area contributed by atoms with Crippen LogP contribution < -0.4 is 26.5 Å². The van der Waals surface area contributed by atoms with Crippen LogP contribution in [-0.4, -0.2) is 10.0 Å². The second kappa shape index (κ2) is 11.3. The van der Waals surface area contributed by atoms with E-state index in [1.165, 1.54) is 21.2 Å². The van der Waals surface area contributed by atoms with Gasteiger partial charge in [0.05, 0.1) is 11.4 Å². The molecule has 0 atom stereocenters. The lowest BCUT2D eigenvalue weighted by Crippen LogP contribution is -2.48. The fourth-order valence-electron chi connectivity index (χ4n) is 4.99. The lowest BCUT2D eigenvalue weighted by Gasteiger charge is -2.48. The predicted molar refractivity (Wildman–Crippen MR) is 165 cm³/mol. The molecule has 0 aliphatic carbocycles. The van der Waals surface area contributed by atoms with E-state index < -0.39 is 20.9 Å². The molecule has 4 aromatic carbocycles. The smallest absolute Gasteiger partial charge is 0.111 e. The van der Waals surface area contributed by atoms with E-state index in [1.807, 2.05) is 12.3 Å². The summed E-state index contributed by atoms with van der Waals surface area (Å²) < 4.78 is 0. The zero-order valence-electron chi connectivity index (χ0n) is 20.9. The summed E-state index contributed by atoms with van der Waals surface area (Å²) in [4.78, 5) is 4.73. The van der Waals surface area contributed by atoms with Gasteiger partial charge < -0.3 is 5.32 Å². The fraction of sp³-hybridized carbons (Fsp3) is 0.0294. The molecular formula is C34H28N2P2. The molecule has 184 valence electrons. The summed E-state index contributed by atoms with van der Waals surface area (Å²) >= 11 is 0. The standard InChI is InChI=1S/C34H28N2P2/c1-5-16-28(17-6-1)37(29-18-7-2-8-19-29)34(26-15-25-33(36-34)32-24-13-14-27-35-32)38(30-20-9-3-10-21-30)31-22-11-4-12-23-31/h1-27,36H. The van der Waals surface area contributed by atoms with Crippen molar-refractivity contribution >= 4 is 42.8 Å². The quantitative estimate of drug-likeness (QED) is 0.245. The number of hydrogen-bond acceptors (Lipinski definition) is 2. The van der Waals surface area contributed by atoms with Crippen LogP contribution in [0.2, 0.25) is 0 Å². The molecule has 5 aromatic rings. The molecule has 1 aliphatic heterocycles. The van der Waals surface area contributed by atoms with Crippen molar-refractivity contribution in [2.75, 3.05) is 0 Å². The highest BCUT2D eigenvalue weighted by atomic mass is 31.2. The zero-order chi connectivity index (χ0) is 25.6. The van der Waals surface area contributed by atoms with Gasteiger partial charge in [0.2, 0.25) is 0 Å². The van der Waals surface area contributed by atoms with Crippen LogP contribution in [0.1, 0.15) is 5.69 Å². The zero-order valence-corrected chi connectivity index (χ0v) is 22.7. The maximum Gasteiger partial charge on any atom is 0.111 e. The van der Waals surface area contributed by atoms with Gasteiger partial charge in [-0.1, -0.05) is 133 Å². The molecule has 2 heterocycles. The Labute approximate surface area is 227 Å². The van der Waals surface area contributed by atoms with E-state index in [-0.39, 0.29) is 0 Å². The molecular weight excluding hydrogens is 498 g/mol. The Bertz CT molecular complexity index is 1360. The molecule has 0 amide bonds. The van der Waals surface area contributed by atoms with Crippen LogP contribution in [0.25, 0.3) is 5.70 Å². The van der Waals surface area contributed by atoms with Crippen molar-refractivity contribution in [2.45, 2.75) is 5.02 Å². The molecule has 0 radical (unpaired) electrons. The molecule has 4 heteroatoms. The molecule has 1 N–H and O–H groups in total. The SMILES string of the molecule is C1=CC(P(c2ccccc2)c2ccccc2)(P(c2ccccc2)c2ccccc2)NC(c2ccccn2)=C1. The van der Waals surface area contributed by atoms with Gasteiger partial charge in [-0.25, -0.2) is 0 Å². The third-order valence-corrected chi connectivity index (χ3v) is 12.9. The summed E-state index contributed by atoms with van der Waals surface area (Å²) in [5.41, 5.74) is 2.00. The molecule has 0 bridgehead atoms. The summed E-state index contributed by atoms with van der Waals surface area (Å²) in [5, 5.41) is 9.10. The Morgan fingerprint density at radius 2 is 0.921 bits per heavy atom. The van der Waals surface area contributed by atoms with Crippen molar-refractivity contribution < 1.29 is 0 Å². The lowest BCUT2D eigenvalue weighted by atomic mass is 10.2. The van der Waals surface area contributed by atoms with Crippen molar-refractivity contribution in [1.29, 1.82) is 0 Å². The van der Waals surface area contributed by atoms with E-state index >= 15 is 0 Å². The first-order chi connectivity index (χ1) is 18.9. The van der Waals surface area contributed by atoms with Crippen LogP contribution in [0, 0.1) is 0 Å². The van der Waals surface area contributed by atoms with Crippen molar-refractivity contribution in [3.8, 4) is 0 Å². The molecule has 1 aliphatic rings. The molecule has 0 unspecified atom stereocenters. The Morgan fingerprint density at radius 3 is 1.32 bits per heavy atom. The van der Waals surface area contributed by atoms with E-state index in [4.69, 9.17) is 4.98 Å². The first-order valence-corrected chi connectivity index (χ1v) is 15.4. The molecule has 0 saturated carbocycles. The van der Waals surface area contributed by atoms with Gasteiger partial charge in [-0.05, 0) is 61.3 Å². The topological polar surface area (TPSA) is 24.9 Å². The van der Waals surface area contributed by atoms with Crippen LogP contribution in [-0.2, 0) is 0 Å². The molecule has 0 spiro atoms. The van der Waals surface area contributed by atoms with Crippen molar-refractivity contribution in [3.05, 3.63) is 170 Å². The molecule has 2 nitrogen and oxygen atoms in total. The molecule has 0 saturated heterocycles. The molecule has 6 rings (SSSR count). The van der Waals surface area contributed by atoms with E-state index in [2.05, 4.69) is 157 Å². The van der Waals surface area contributed by atoms with Crippen LogP contribution in [0.3, 0.4) is 0 Å². The fourth-order valence-corrected chi connectivity index (χ4v) is 12.2. The molecule has 1 aromatic heterocycles. The Morgan fingerprint density at radius 1 is 0.500 bits per heavy atom. The van der Waals surface area contributed by atoms with Crippen molar-refractivity contribution in [3.63, 3.8) is 0 Å². The monoisotopic (exact) mass is 526 g/mol. The highest BCUT2D eigenvalue weighted by molar-refractivity contribution is 7.91. The van der Waals surface area contributed by atoms with Crippen LogP contribution in [0.5, 0.6) is 0 Å². The minimum Gasteiger partial charge on any atom is -0.366 e. The number of aromatic nitrogens is 1. The number of nitrogens with one attached hydrogen (secondary N) is 1. The van der Waals surface area contributed by atoms with Gasteiger partial charge in [0, 0.05) is 6.20 Å². The normalized spacial score (nSPS) is 14.2. The van der Waals surface area contributed by atoms with Gasteiger partial charge in [0.25, 0.3) is 0 Å². The summed E-state index contributed by atoms with van der Waals surface area (Å²) in [6.45, 7) is 0. The average molecular weight is 527 g/mol. The Hall–Kier alpha value is -3.83. The second-order valence-electron chi connectivity index (χ2n) is 9.02. The van der Waals surface area contributed by atoms with Gasteiger partial charge in [-0.15, -0.1) is 0 Å². The predicted octanol–water partition coefficient (Wildman–Crippen LogP) is 6.50. The highest BCUT2D eigenvalue weighted by Crippen LogP contribution is 2.65. The number of benzene rings is 4. The van der Waals surface area contributed by atoms with Crippen LogP contribution >= 0.6 is 15.8 Å². The van der Waals surface area contributed by atoms with E-state index in [9.17, 15) is 0 Å². The largest absolute Gasteiger partial charge is 0.366 e. The lowest BCUT2D eigenvalue weighted by molar-refractivity contribution is 0.854. The maximum atomic E-state index is 4.73. The maximum absolute atomic E-state index is 4.73. The Balaban J connectivity index is 1.65. The summed E-state index contributed by atoms with van der Waals surface area (Å²) in [7, 11) is -1.79.